The smallest absolute Gasteiger partial charge is 0.263 e. The van der Waals surface area contributed by atoms with Crippen LogP contribution in [0.5, 0.6) is 0 Å². The van der Waals surface area contributed by atoms with E-state index in [0.29, 0.717) is 37.5 Å². The second-order valence-corrected chi connectivity index (χ2v) is 10.3. The minimum atomic E-state index is -0.140. The van der Waals surface area contributed by atoms with Gasteiger partial charge in [0, 0.05) is 41.1 Å². The molecule has 1 aromatic carbocycles. The minimum absolute atomic E-state index is 0.0183. The largest absolute Gasteiger partial charge is 0.379 e. The van der Waals surface area contributed by atoms with Gasteiger partial charge in [-0.05, 0) is 29.5 Å². The molecule has 174 valence electrons. The van der Waals surface area contributed by atoms with E-state index in [1.165, 1.54) is 16.9 Å². The number of ether oxygens (including phenoxy) is 1. The molecule has 5 heterocycles. The number of anilines is 1. The normalized spacial score (nSPS) is 16.3. The van der Waals surface area contributed by atoms with E-state index in [9.17, 15) is 9.59 Å². The van der Waals surface area contributed by atoms with Crippen molar-refractivity contribution in [1.82, 2.24) is 14.5 Å². The number of benzene rings is 1. The second kappa shape index (κ2) is 9.07. The molecule has 1 saturated heterocycles. The lowest BCUT2D eigenvalue weighted by atomic mass is 10.2. The molecule has 9 heteroatoms. The van der Waals surface area contributed by atoms with Crippen molar-refractivity contribution in [2.45, 2.75) is 19.5 Å². The predicted molar refractivity (Wildman–Crippen MR) is 136 cm³/mol. The zero-order valence-electron chi connectivity index (χ0n) is 18.6. The summed E-state index contributed by atoms with van der Waals surface area (Å²) in [6, 6.07) is 12.0. The van der Waals surface area contributed by atoms with Crippen LogP contribution in [0.2, 0.25) is 0 Å². The van der Waals surface area contributed by atoms with Gasteiger partial charge in [-0.25, -0.2) is 4.98 Å². The van der Waals surface area contributed by atoms with Crippen LogP contribution in [-0.2, 0) is 29.0 Å². The van der Waals surface area contributed by atoms with Crippen LogP contribution >= 0.6 is 22.7 Å². The first-order chi connectivity index (χ1) is 16.7. The van der Waals surface area contributed by atoms with Gasteiger partial charge >= 0.3 is 0 Å². The number of rotatable bonds is 5. The highest BCUT2D eigenvalue weighted by Gasteiger charge is 2.27. The maximum atomic E-state index is 13.9. The Balaban J connectivity index is 1.42. The Kier molecular flexibility index (Phi) is 5.78. The van der Waals surface area contributed by atoms with E-state index in [1.807, 2.05) is 41.1 Å². The molecule has 7 nitrogen and oxygen atoms in total. The fraction of sp³-hybridized carbons (Fsp3) is 0.320. The van der Waals surface area contributed by atoms with Crippen LogP contribution in [0.1, 0.15) is 11.4 Å². The third kappa shape index (κ3) is 3.88. The minimum Gasteiger partial charge on any atom is -0.379 e. The van der Waals surface area contributed by atoms with Crippen LogP contribution < -0.4 is 10.5 Å². The predicted octanol–water partition coefficient (Wildman–Crippen LogP) is 3.61. The molecule has 0 bridgehead atoms. The van der Waals surface area contributed by atoms with E-state index in [0.717, 1.165) is 40.5 Å². The molecule has 4 aromatic rings. The number of aromatic nitrogens is 2. The highest BCUT2D eigenvalue weighted by Crippen LogP contribution is 2.34. The Morgan fingerprint density at radius 2 is 1.91 bits per heavy atom. The van der Waals surface area contributed by atoms with E-state index in [-0.39, 0.29) is 18.0 Å². The third-order valence-corrected chi connectivity index (χ3v) is 8.29. The standard InChI is InChI=1S/C25H24N4O3S2/c30-22(28-8-7-17-4-1-2-5-19(17)28)15-29-21(14-27-9-11-32-12-10-27)26-24-23(25(29)31)18(16-34-24)20-6-3-13-33-20/h1-6,13,16H,7-12,14-15H2. The van der Waals surface area contributed by atoms with Crippen LogP contribution in [0.25, 0.3) is 20.7 Å². The van der Waals surface area contributed by atoms with E-state index in [1.54, 1.807) is 20.8 Å². The van der Waals surface area contributed by atoms with Gasteiger partial charge in [0.25, 0.3) is 5.56 Å². The highest BCUT2D eigenvalue weighted by molar-refractivity contribution is 7.18. The molecule has 0 N–H and O–H groups in total. The van der Waals surface area contributed by atoms with Crippen LogP contribution in [0.15, 0.2) is 52.0 Å². The van der Waals surface area contributed by atoms with E-state index in [4.69, 9.17) is 9.72 Å². The maximum absolute atomic E-state index is 13.9. The number of morpholine rings is 1. The summed E-state index contributed by atoms with van der Waals surface area (Å²) < 4.78 is 7.09. The molecule has 0 radical (unpaired) electrons. The van der Waals surface area contributed by atoms with Crippen molar-refractivity contribution < 1.29 is 9.53 Å². The van der Waals surface area contributed by atoms with Gasteiger partial charge in [0.15, 0.2) is 0 Å². The zero-order valence-corrected chi connectivity index (χ0v) is 20.2. The lowest BCUT2D eigenvalue weighted by Gasteiger charge is -2.27. The Bertz CT molecular complexity index is 1400. The first-order valence-corrected chi connectivity index (χ1v) is 13.2. The highest BCUT2D eigenvalue weighted by atomic mass is 32.1. The molecule has 34 heavy (non-hydrogen) atoms. The molecule has 2 aliphatic heterocycles. The van der Waals surface area contributed by atoms with Gasteiger partial charge in [-0.2, -0.15) is 0 Å². The first-order valence-electron chi connectivity index (χ1n) is 11.4. The van der Waals surface area contributed by atoms with Crippen molar-refractivity contribution in [2.24, 2.45) is 0 Å². The zero-order chi connectivity index (χ0) is 23.1. The number of hydrogen-bond acceptors (Lipinski definition) is 7. The van der Waals surface area contributed by atoms with E-state index in [2.05, 4.69) is 11.0 Å². The summed E-state index contributed by atoms with van der Waals surface area (Å²) in [6.07, 6.45) is 0.835. The number of thiophene rings is 2. The maximum Gasteiger partial charge on any atom is 0.263 e. The Labute approximate surface area is 204 Å². The fourth-order valence-corrected chi connectivity index (χ4v) is 6.51. The lowest BCUT2D eigenvalue weighted by Crippen LogP contribution is -2.40. The van der Waals surface area contributed by atoms with Gasteiger partial charge in [0.1, 0.15) is 17.2 Å². The molecule has 0 atom stereocenters. The van der Waals surface area contributed by atoms with Crippen molar-refractivity contribution in [3.05, 3.63) is 68.9 Å². The van der Waals surface area contributed by atoms with Gasteiger partial charge in [-0.3, -0.25) is 19.1 Å². The average Bonchev–Trinajstić information content (AvgIpc) is 3.61. The van der Waals surface area contributed by atoms with Crippen LogP contribution in [0.3, 0.4) is 0 Å². The molecule has 0 spiro atoms. The van der Waals surface area contributed by atoms with Crippen molar-refractivity contribution in [1.29, 1.82) is 0 Å². The summed E-state index contributed by atoms with van der Waals surface area (Å²) in [5.74, 6) is 0.559. The number of carbonyl (C=O) groups excluding carboxylic acids is 1. The monoisotopic (exact) mass is 492 g/mol. The van der Waals surface area contributed by atoms with Gasteiger partial charge in [-0.1, -0.05) is 24.3 Å². The van der Waals surface area contributed by atoms with E-state index >= 15 is 0 Å². The molecule has 3 aromatic heterocycles. The van der Waals surface area contributed by atoms with Crippen LogP contribution in [0.4, 0.5) is 5.69 Å². The summed E-state index contributed by atoms with van der Waals surface area (Å²) in [5.41, 5.74) is 2.87. The quantitative estimate of drug-likeness (QED) is 0.426. The Morgan fingerprint density at radius 1 is 1.06 bits per heavy atom. The molecule has 0 unspecified atom stereocenters. The number of para-hydroxylation sites is 1. The summed E-state index contributed by atoms with van der Waals surface area (Å²) in [6.45, 7) is 4.04. The summed E-state index contributed by atoms with van der Waals surface area (Å²) >= 11 is 3.09. The second-order valence-electron chi connectivity index (χ2n) is 8.54. The summed E-state index contributed by atoms with van der Waals surface area (Å²) in [5, 5.41) is 4.62. The number of amides is 1. The molecule has 0 aliphatic carbocycles. The van der Waals surface area contributed by atoms with Crippen molar-refractivity contribution in [2.75, 3.05) is 37.7 Å². The van der Waals surface area contributed by atoms with Crippen LogP contribution in [0, 0.1) is 0 Å². The molecule has 2 aliphatic rings. The summed E-state index contributed by atoms with van der Waals surface area (Å²) in [7, 11) is 0. The fourth-order valence-electron chi connectivity index (χ4n) is 4.74. The molecule has 0 saturated carbocycles. The van der Waals surface area contributed by atoms with Crippen LogP contribution in [-0.4, -0.2) is 53.2 Å². The van der Waals surface area contributed by atoms with E-state index < -0.39 is 0 Å². The van der Waals surface area contributed by atoms with Gasteiger partial charge in [0.2, 0.25) is 5.91 Å². The number of nitrogens with zero attached hydrogens (tertiary/aromatic N) is 4. The van der Waals surface area contributed by atoms with Crippen molar-refractivity contribution >= 4 is 44.5 Å². The number of hydrogen-bond donors (Lipinski definition) is 0. The molecule has 1 fully saturated rings. The van der Waals surface area contributed by atoms with Crippen molar-refractivity contribution in [3.8, 4) is 10.4 Å². The van der Waals surface area contributed by atoms with Crippen molar-refractivity contribution in [3.63, 3.8) is 0 Å². The first kappa shape index (κ1) is 21.7. The third-order valence-electron chi connectivity index (χ3n) is 6.51. The Morgan fingerprint density at radius 3 is 2.74 bits per heavy atom. The van der Waals surface area contributed by atoms with Gasteiger partial charge in [-0.15, -0.1) is 22.7 Å². The Hall–Kier alpha value is -2.85. The molecular weight excluding hydrogens is 468 g/mol. The van der Waals surface area contributed by atoms with Gasteiger partial charge in [0.05, 0.1) is 25.1 Å². The number of fused-ring (bicyclic) bond motifs is 2. The summed E-state index contributed by atoms with van der Waals surface area (Å²) in [4.78, 5) is 38.1. The molecule has 1 amide bonds. The SMILES string of the molecule is O=C(Cn1c(CN2CCOCC2)nc2scc(-c3cccs3)c2c1=O)N1CCc2ccccc21. The lowest BCUT2D eigenvalue weighted by molar-refractivity contribution is -0.119. The molecular formula is C25H24N4O3S2. The average molecular weight is 493 g/mol. The molecule has 6 rings (SSSR count). The van der Waals surface area contributed by atoms with Gasteiger partial charge < -0.3 is 9.64 Å². The number of carbonyl (C=O) groups is 1. The topological polar surface area (TPSA) is 67.7 Å².